The molecular weight excluding hydrogens is 374 g/mol. The van der Waals surface area contributed by atoms with Crippen LogP contribution in [-0.4, -0.2) is 56.1 Å². The van der Waals surface area contributed by atoms with Crippen LogP contribution in [0.25, 0.3) is 0 Å². The molecule has 2 N–H and O–H groups in total. The van der Waals surface area contributed by atoms with Crippen molar-refractivity contribution in [3.63, 3.8) is 0 Å². The van der Waals surface area contributed by atoms with Gasteiger partial charge in [0.15, 0.2) is 12.4 Å². The van der Waals surface area contributed by atoms with E-state index < -0.39 is 28.5 Å². The molecule has 1 amide bonds. The predicted octanol–water partition coefficient (Wildman–Crippen LogP) is 1.26. The number of aromatic nitrogens is 1. The van der Waals surface area contributed by atoms with E-state index in [9.17, 15) is 22.8 Å². The van der Waals surface area contributed by atoms with Crippen LogP contribution < -0.4 is 5.32 Å². The highest BCUT2D eigenvalue weighted by Crippen LogP contribution is 2.18. The minimum Gasteiger partial charge on any atom is -0.451 e. The van der Waals surface area contributed by atoms with E-state index in [4.69, 9.17) is 4.74 Å². The number of ether oxygens (including phenoxy) is 1. The van der Waals surface area contributed by atoms with E-state index in [0.717, 1.165) is 4.31 Å². The van der Waals surface area contributed by atoms with Crippen LogP contribution in [0.15, 0.2) is 41.4 Å². The van der Waals surface area contributed by atoms with Gasteiger partial charge in [0.2, 0.25) is 10.0 Å². The number of nitrogens with one attached hydrogen (secondary N) is 2. The van der Waals surface area contributed by atoms with Crippen molar-refractivity contribution in [3.8, 4) is 0 Å². The number of sulfonamides is 1. The van der Waals surface area contributed by atoms with E-state index in [1.165, 1.54) is 57.5 Å². The summed E-state index contributed by atoms with van der Waals surface area (Å²) in [5.74, 6) is -1.64. The average molecular weight is 393 g/mol. The zero-order valence-corrected chi connectivity index (χ0v) is 15.8. The summed E-state index contributed by atoms with van der Waals surface area (Å²) in [4.78, 5) is 37.6. The average Bonchev–Trinajstić information content (AvgIpc) is 3.10. The standard InChI is InChI=1S/C17H19N3O6S/c1-11(21)12-7-15(18-9-12)17(23)26-10-16(22)19-13-5-4-6-14(8-13)27(24,25)20(2)3/h4-9,18H,10H2,1-3H3,(H,19,22). The Hall–Kier alpha value is -2.98. The normalized spacial score (nSPS) is 11.3. The van der Waals surface area contributed by atoms with Gasteiger partial charge in [0.25, 0.3) is 5.91 Å². The molecule has 1 heterocycles. The lowest BCUT2D eigenvalue weighted by atomic mass is 10.2. The number of carbonyl (C=O) groups is 3. The molecule has 144 valence electrons. The van der Waals surface area contributed by atoms with Gasteiger partial charge in [-0.15, -0.1) is 0 Å². The molecular formula is C17H19N3O6S. The molecule has 0 unspecified atom stereocenters. The van der Waals surface area contributed by atoms with E-state index in [1.54, 1.807) is 0 Å². The maximum atomic E-state index is 12.1. The fourth-order valence-corrected chi connectivity index (χ4v) is 3.01. The van der Waals surface area contributed by atoms with Crippen LogP contribution in [0.3, 0.4) is 0 Å². The number of carbonyl (C=O) groups excluding carboxylic acids is 3. The first kappa shape index (κ1) is 20.3. The molecule has 0 aliphatic rings. The maximum absolute atomic E-state index is 12.1. The van der Waals surface area contributed by atoms with Gasteiger partial charge in [-0.3, -0.25) is 9.59 Å². The van der Waals surface area contributed by atoms with Crippen LogP contribution in [0.1, 0.15) is 27.8 Å². The highest BCUT2D eigenvalue weighted by Gasteiger charge is 2.18. The Morgan fingerprint density at radius 3 is 2.48 bits per heavy atom. The Morgan fingerprint density at radius 1 is 1.19 bits per heavy atom. The Bertz CT molecular complexity index is 978. The SMILES string of the molecule is CC(=O)c1c[nH]c(C(=O)OCC(=O)Nc2cccc(S(=O)(=O)N(C)C)c2)c1. The second-order valence-corrected chi connectivity index (χ2v) is 7.95. The van der Waals surface area contributed by atoms with Crippen LogP contribution in [0.5, 0.6) is 0 Å². The number of amides is 1. The molecule has 2 aromatic rings. The van der Waals surface area contributed by atoms with Gasteiger partial charge in [-0.25, -0.2) is 17.5 Å². The lowest BCUT2D eigenvalue weighted by Crippen LogP contribution is -2.23. The molecule has 0 saturated heterocycles. The van der Waals surface area contributed by atoms with Gasteiger partial charge in [0.05, 0.1) is 4.90 Å². The van der Waals surface area contributed by atoms with Gasteiger partial charge >= 0.3 is 5.97 Å². The summed E-state index contributed by atoms with van der Waals surface area (Å²) in [7, 11) is -0.835. The number of anilines is 1. The lowest BCUT2D eigenvalue weighted by molar-refractivity contribution is -0.119. The quantitative estimate of drug-likeness (QED) is 0.539. The molecule has 1 aromatic carbocycles. The minimum absolute atomic E-state index is 0.0189. The Balaban J connectivity index is 1.98. The maximum Gasteiger partial charge on any atom is 0.355 e. The van der Waals surface area contributed by atoms with Crippen molar-refractivity contribution < 1.29 is 27.5 Å². The van der Waals surface area contributed by atoms with E-state index in [0.29, 0.717) is 5.56 Å². The zero-order chi connectivity index (χ0) is 20.2. The van der Waals surface area contributed by atoms with Gasteiger partial charge in [-0.05, 0) is 31.2 Å². The van der Waals surface area contributed by atoms with E-state index in [1.807, 2.05) is 0 Å². The van der Waals surface area contributed by atoms with Crippen molar-refractivity contribution in [3.05, 3.63) is 47.8 Å². The smallest absolute Gasteiger partial charge is 0.355 e. The summed E-state index contributed by atoms with van der Waals surface area (Å²) in [5, 5.41) is 2.46. The molecule has 0 bridgehead atoms. The molecule has 0 aliphatic carbocycles. The number of esters is 1. The third kappa shape index (κ3) is 5.02. The van der Waals surface area contributed by atoms with Crippen LogP contribution >= 0.6 is 0 Å². The van der Waals surface area contributed by atoms with Gasteiger partial charge in [-0.1, -0.05) is 6.07 Å². The topological polar surface area (TPSA) is 126 Å². The monoisotopic (exact) mass is 393 g/mol. The Labute approximate surface area is 156 Å². The van der Waals surface area contributed by atoms with Gasteiger partial charge < -0.3 is 15.0 Å². The molecule has 0 fully saturated rings. The van der Waals surface area contributed by atoms with E-state index >= 15 is 0 Å². The fourth-order valence-electron chi connectivity index (χ4n) is 2.07. The second kappa shape index (κ2) is 8.14. The number of nitrogens with zero attached hydrogens (tertiary/aromatic N) is 1. The number of benzene rings is 1. The van der Waals surface area contributed by atoms with Gasteiger partial charge in [-0.2, -0.15) is 0 Å². The Morgan fingerprint density at radius 2 is 1.89 bits per heavy atom. The van der Waals surface area contributed by atoms with Crippen LogP contribution in [0.4, 0.5) is 5.69 Å². The number of hydrogen-bond donors (Lipinski definition) is 2. The van der Waals surface area contributed by atoms with Gasteiger partial charge in [0.1, 0.15) is 5.69 Å². The molecule has 0 aliphatic heterocycles. The number of Topliss-reactive ketones (excluding diaryl/α,β-unsaturated/α-hetero) is 1. The highest BCUT2D eigenvalue weighted by molar-refractivity contribution is 7.89. The largest absolute Gasteiger partial charge is 0.451 e. The van der Waals surface area contributed by atoms with Crippen molar-refractivity contribution in [2.45, 2.75) is 11.8 Å². The molecule has 2 rings (SSSR count). The molecule has 1 aromatic heterocycles. The highest BCUT2D eigenvalue weighted by atomic mass is 32.2. The summed E-state index contributed by atoms with van der Waals surface area (Å²) >= 11 is 0. The fraction of sp³-hybridized carbons (Fsp3) is 0.235. The first-order valence-electron chi connectivity index (χ1n) is 7.80. The van der Waals surface area contributed by atoms with Crippen molar-refractivity contribution >= 4 is 33.4 Å². The van der Waals surface area contributed by atoms with Crippen molar-refractivity contribution in [1.29, 1.82) is 0 Å². The molecule has 0 saturated carbocycles. The number of H-pyrrole nitrogens is 1. The van der Waals surface area contributed by atoms with Crippen molar-refractivity contribution in [2.24, 2.45) is 0 Å². The third-order valence-corrected chi connectivity index (χ3v) is 5.35. The summed E-state index contributed by atoms with van der Waals surface area (Å²) < 4.78 is 30.1. The summed E-state index contributed by atoms with van der Waals surface area (Å²) in [5.41, 5.74) is 0.620. The number of hydrogen-bond acceptors (Lipinski definition) is 6. The van der Waals surface area contributed by atoms with E-state index in [-0.39, 0.29) is 22.1 Å². The molecule has 0 atom stereocenters. The molecule has 27 heavy (non-hydrogen) atoms. The van der Waals surface area contributed by atoms with Gasteiger partial charge in [0, 0.05) is 31.5 Å². The number of aromatic amines is 1. The summed E-state index contributed by atoms with van der Waals surface area (Å²) in [6.07, 6.45) is 1.37. The minimum atomic E-state index is -3.64. The number of ketones is 1. The van der Waals surface area contributed by atoms with E-state index in [2.05, 4.69) is 10.3 Å². The lowest BCUT2D eigenvalue weighted by Gasteiger charge is -2.12. The van der Waals surface area contributed by atoms with Crippen molar-refractivity contribution in [1.82, 2.24) is 9.29 Å². The van der Waals surface area contributed by atoms with Crippen LogP contribution in [-0.2, 0) is 19.6 Å². The second-order valence-electron chi connectivity index (χ2n) is 5.80. The molecule has 9 nitrogen and oxygen atoms in total. The predicted molar refractivity (Wildman–Crippen MR) is 97.0 cm³/mol. The summed E-state index contributed by atoms with van der Waals surface area (Å²) in [6.45, 7) is 0.786. The zero-order valence-electron chi connectivity index (χ0n) is 15.0. The summed E-state index contributed by atoms with van der Waals surface area (Å²) in [6, 6.07) is 7.04. The van der Waals surface area contributed by atoms with Crippen molar-refractivity contribution in [2.75, 3.05) is 26.0 Å². The molecule has 0 spiro atoms. The third-order valence-electron chi connectivity index (χ3n) is 3.54. The molecule has 0 radical (unpaired) electrons. The number of rotatable bonds is 7. The van der Waals surface area contributed by atoms with Crippen LogP contribution in [0, 0.1) is 0 Å². The first-order valence-corrected chi connectivity index (χ1v) is 9.24. The first-order chi connectivity index (χ1) is 12.6. The Kier molecular flexibility index (Phi) is 6.13. The molecule has 10 heteroatoms. The van der Waals surface area contributed by atoms with Crippen LogP contribution in [0.2, 0.25) is 0 Å².